The van der Waals surface area contributed by atoms with E-state index >= 15 is 0 Å². The van der Waals surface area contributed by atoms with Gasteiger partial charge in [-0.15, -0.1) is 0 Å². The fraction of sp³-hybridized carbons (Fsp3) is 0. The molecule has 0 N–H and O–H groups in total. The van der Waals surface area contributed by atoms with Crippen LogP contribution in [0.2, 0.25) is 0 Å². The molecule has 0 fully saturated rings. The van der Waals surface area contributed by atoms with Crippen LogP contribution in [-0.4, -0.2) is 9.13 Å². The maximum atomic E-state index is 2.43. The van der Waals surface area contributed by atoms with E-state index in [2.05, 4.69) is 456 Å². The second-order valence-electron chi connectivity index (χ2n) is 29.1. The number of fused-ring (bicyclic) bond motifs is 16. The molecule has 2 heterocycles. The first-order chi connectivity index (χ1) is 55.5. The van der Waals surface area contributed by atoms with E-state index in [1.807, 2.05) is 0 Å². The third kappa shape index (κ3) is 11.6. The molecule has 524 valence electrons. The van der Waals surface area contributed by atoms with Crippen LogP contribution in [0.1, 0.15) is 0 Å². The SMILES string of the molecule is c1ccc(N(c2ccc(-c3ccc(-n4c5ccc6ccccc6c5c5c6ccccc6ccc54)cc3)cc2)c2ccc(-c3ccc4ccccc4c3)cc2)cc1.c1ccc(N(c2ccc(-c3ccc(-n4c5ccc6ccccc6c5c5c6ccccc6ccc54)cc3)cc2)c2ccc(-c3cccc4ccccc34)cc2)cc1. The van der Waals surface area contributed by atoms with Gasteiger partial charge in [0.25, 0.3) is 0 Å². The highest BCUT2D eigenvalue weighted by atomic mass is 15.1. The molecule has 4 nitrogen and oxygen atoms in total. The maximum absolute atomic E-state index is 2.43. The van der Waals surface area contributed by atoms with Gasteiger partial charge in [-0.3, -0.25) is 0 Å². The van der Waals surface area contributed by atoms with Gasteiger partial charge in [0.2, 0.25) is 0 Å². The van der Waals surface area contributed by atoms with Crippen LogP contribution in [0.25, 0.3) is 164 Å². The molecule has 0 unspecified atom stereocenters. The Morgan fingerprint density at radius 2 is 0.402 bits per heavy atom. The van der Waals surface area contributed by atoms with Gasteiger partial charge in [-0.25, -0.2) is 0 Å². The van der Waals surface area contributed by atoms with E-state index in [-0.39, 0.29) is 0 Å². The zero-order valence-electron chi connectivity index (χ0n) is 61.4. The lowest BCUT2D eigenvalue weighted by Crippen LogP contribution is -2.09. The summed E-state index contributed by atoms with van der Waals surface area (Å²) in [4.78, 5) is 4.65. The smallest absolute Gasteiger partial charge is 0.0547 e. The predicted octanol–water partition coefficient (Wildman–Crippen LogP) is 30.1. The highest BCUT2D eigenvalue weighted by molar-refractivity contribution is 6.30. The molecule has 0 radical (unpaired) electrons. The van der Waals surface area contributed by atoms with Gasteiger partial charge < -0.3 is 18.9 Å². The highest BCUT2D eigenvalue weighted by Crippen LogP contribution is 2.46. The van der Waals surface area contributed by atoms with E-state index in [0.717, 1.165) is 45.5 Å². The van der Waals surface area contributed by atoms with Crippen LogP contribution in [0.15, 0.2) is 437 Å². The Morgan fingerprint density at radius 3 is 0.768 bits per heavy atom. The monoisotopic (exact) mass is 1420 g/mol. The molecule has 22 rings (SSSR count). The minimum absolute atomic E-state index is 1.11. The Hall–Kier alpha value is -14.8. The van der Waals surface area contributed by atoms with Gasteiger partial charge in [-0.1, -0.05) is 309 Å². The normalized spacial score (nSPS) is 11.6. The van der Waals surface area contributed by atoms with Crippen molar-refractivity contribution in [2.24, 2.45) is 0 Å². The lowest BCUT2D eigenvalue weighted by Gasteiger charge is -2.26. The standard InChI is InChI=1S/2C54H36N2/c1-2-15-43(16-3-1)55(45-33-25-42(26-34-45)48-20-10-14-39-11-4-7-17-47(39)48)44-29-21-37(22-30-44)38-23-31-46(32-24-38)56-51-35-27-40-12-5-8-18-49(40)53(51)54-50-19-9-6-13-41(50)28-36-52(54)56;1-2-14-45(15-3-1)55(47-30-24-40(25-31-47)44-19-18-37-10-4-5-13-43(37)36-44)46-28-20-38(21-29-46)39-22-32-48(33-23-39)56-51-34-26-41-11-6-8-16-49(41)53(51)54-50-17-9-7-12-42(50)27-35-52(54)56/h2*1-36H. The molecule has 20 aromatic carbocycles. The minimum Gasteiger partial charge on any atom is -0.311 e. The average Bonchev–Trinajstić information content (AvgIpc) is 1.57. The van der Waals surface area contributed by atoms with Crippen molar-refractivity contribution in [2.45, 2.75) is 0 Å². The van der Waals surface area contributed by atoms with Crippen LogP contribution in [0.5, 0.6) is 0 Å². The molecule has 0 saturated carbocycles. The van der Waals surface area contributed by atoms with Crippen molar-refractivity contribution in [3.05, 3.63) is 437 Å². The fourth-order valence-corrected chi connectivity index (χ4v) is 17.4. The van der Waals surface area contributed by atoms with Gasteiger partial charge in [-0.2, -0.15) is 0 Å². The number of para-hydroxylation sites is 2. The number of benzene rings is 20. The predicted molar refractivity (Wildman–Crippen MR) is 478 cm³/mol. The molecule has 4 heteroatoms. The summed E-state index contributed by atoms with van der Waals surface area (Å²) in [5.74, 6) is 0. The topological polar surface area (TPSA) is 16.3 Å². The lowest BCUT2D eigenvalue weighted by atomic mass is 9.98. The third-order valence-corrected chi connectivity index (χ3v) is 22.7. The van der Waals surface area contributed by atoms with Gasteiger partial charge >= 0.3 is 0 Å². The molecule has 0 aliphatic rings. The lowest BCUT2D eigenvalue weighted by molar-refractivity contribution is 1.18. The minimum atomic E-state index is 1.11. The van der Waals surface area contributed by atoms with Gasteiger partial charge in [-0.05, 0) is 237 Å². The zero-order chi connectivity index (χ0) is 74.0. The summed E-state index contributed by atoms with van der Waals surface area (Å²) in [7, 11) is 0. The first kappa shape index (κ1) is 65.5. The molecule has 112 heavy (non-hydrogen) atoms. The Kier molecular flexibility index (Phi) is 16.2. The number of nitrogens with zero attached hydrogens (tertiary/aromatic N) is 4. The summed E-state index contributed by atoms with van der Waals surface area (Å²) in [6.45, 7) is 0. The van der Waals surface area contributed by atoms with E-state index in [0.29, 0.717) is 0 Å². The number of rotatable bonds is 12. The number of hydrogen-bond donors (Lipinski definition) is 0. The van der Waals surface area contributed by atoms with Gasteiger partial charge in [0.1, 0.15) is 0 Å². The molecule has 0 atom stereocenters. The molecular formula is C108H72N4. The molecule has 0 saturated heterocycles. The number of aromatic nitrogens is 2. The molecular weight excluding hydrogens is 1350 g/mol. The van der Waals surface area contributed by atoms with Gasteiger partial charge in [0.05, 0.1) is 22.1 Å². The molecule has 0 aliphatic carbocycles. The van der Waals surface area contributed by atoms with Gasteiger partial charge in [0, 0.05) is 67.0 Å². The van der Waals surface area contributed by atoms with Crippen molar-refractivity contribution in [1.29, 1.82) is 0 Å². The Labute approximate surface area is 649 Å². The summed E-state index contributed by atoms with van der Waals surface area (Å²) in [6.07, 6.45) is 0. The molecule has 0 amide bonds. The second kappa shape index (κ2) is 27.7. The van der Waals surface area contributed by atoms with E-state index in [1.54, 1.807) is 0 Å². The maximum Gasteiger partial charge on any atom is 0.0547 e. The summed E-state index contributed by atoms with van der Waals surface area (Å²) < 4.78 is 4.86. The molecule has 0 aliphatic heterocycles. The zero-order valence-corrected chi connectivity index (χ0v) is 61.4. The Balaban J connectivity index is 0.000000141. The molecule has 0 spiro atoms. The van der Waals surface area contributed by atoms with Gasteiger partial charge in [0.15, 0.2) is 0 Å². The Morgan fingerprint density at radius 1 is 0.152 bits per heavy atom. The average molecular weight is 1430 g/mol. The number of anilines is 6. The quantitative estimate of drug-likeness (QED) is 0.121. The summed E-state index contributed by atoms with van der Waals surface area (Å²) in [6, 6.07) is 159. The summed E-state index contributed by atoms with van der Waals surface area (Å²) >= 11 is 0. The van der Waals surface area contributed by atoms with Crippen LogP contribution < -0.4 is 9.80 Å². The first-order valence-corrected chi connectivity index (χ1v) is 38.5. The second-order valence-corrected chi connectivity index (χ2v) is 29.1. The van der Waals surface area contributed by atoms with Crippen molar-refractivity contribution >= 4 is 142 Å². The third-order valence-electron chi connectivity index (χ3n) is 22.7. The van der Waals surface area contributed by atoms with Crippen LogP contribution in [-0.2, 0) is 0 Å². The van der Waals surface area contributed by atoms with E-state index in [1.165, 1.54) is 153 Å². The Bertz CT molecular complexity index is 7110. The van der Waals surface area contributed by atoms with Crippen molar-refractivity contribution in [2.75, 3.05) is 9.80 Å². The van der Waals surface area contributed by atoms with Crippen LogP contribution in [0.4, 0.5) is 34.1 Å². The van der Waals surface area contributed by atoms with Crippen LogP contribution in [0.3, 0.4) is 0 Å². The molecule has 2 aromatic heterocycles. The van der Waals surface area contributed by atoms with E-state index in [4.69, 9.17) is 0 Å². The highest BCUT2D eigenvalue weighted by Gasteiger charge is 2.22. The van der Waals surface area contributed by atoms with Crippen LogP contribution in [0, 0.1) is 0 Å². The first-order valence-electron chi connectivity index (χ1n) is 38.5. The summed E-state index contributed by atoms with van der Waals surface area (Å²) in [5.41, 5.74) is 23.5. The van der Waals surface area contributed by atoms with Crippen molar-refractivity contribution in [3.63, 3.8) is 0 Å². The van der Waals surface area contributed by atoms with Crippen molar-refractivity contribution in [1.82, 2.24) is 9.13 Å². The molecule has 22 aromatic rings. The fourth-order valence-electron chi connectivity index (χ4n) is 17.4. The van der Waals surface area contributed by atoms with Crippen LogP contribution >= 0.6 is 0 Å². The molecule has 0 bridgehead atoms. The van der Waals surface area contributed by atoms with Crippen molar-refractivity contribution < 1.29 is 0 Å². The largest absolute Gasteiger partial charge is 0.311 e. The van der Waals surface area contributed by atoms with E-state index in [9.17, 15) is 0 Å². The number of hydrogen-bond acceptors (Lipinski definition) is 2. The summed E-state index contributed by atoms with van der Waals surface area (Å²) in [5, 5.41) is 20.4. The van der Waals surface area contributed by atoms with Crippen molar-refractivity contribution in [3.8, 4) is 55.9 Å². The van der Waals surface area contributed by atoms with E-state index < -0.39 is 0 Å².